The average molecular weight is 326 g/mol. The summed E-state index contributed by atoms with van der Waals surface area (Å²) in [5.41, 5.74) is 0.256. The summed E-state index contributed by atoms with van der Waals surface area (Å²) < 4.78 is 21.2. The van der Waals surface area contributed by atoms with Crippen molar-refractivity contribution < 1.29 is 13.2 Å². The third-order valence-corrected chi connectivity index (χ3v) is 6.51. The average Bonchev–Trinajstić information content (AvgIpc) is 2.29. The van der Waals surface area contributed by atoms with Crippen LogP contribution in [0.1, 0.15) is 17.3 Å². The van der Waals surface area contributed by atoms with Crippen molar-refractivity contribution in [3.63, 3.8) is 0 Å². The molecule has 0 aromatic heterocycles. The minimum Gasteiger partial charge on any atom is -0.290 e. The second-order valence-corrected chi connectivity index (χ2v) is 8.50. The van der Waals surface area contributed by atoms with Crippen molar-refractivity contribution in [1.29, 1.82) is 0 Å². The third kappa shape index (κ3) is 2.47. The van der Waals surface area contributed by atoms with Gasteiger partial charge in [0.1, 0.15) is 0 Å². The number of hydrogen-bond acceptors (Lipinski definition) is 3. The van der Waals surface area contributed by atoms with Gasteiger partial charge in [0.05, 0.1) is 5.75 Å². The standard InChI is InChI=1S/C10H10BrClO3S/c1-2-16(14,15)10(11,12)9(13)8-6-4-3-5-7-8/h3-7H,2H2,1H3/t10-/m1/s1. The summed E-state index contributed by atoms with van der Waals surface area (Å²) in [6, 6.07) is 8.06. The first kappa shape index (κ1) is 13.7. The molecule has 0 aliphatic heterocycles. The maximum atomic E-state index is 11.9. The van der Waals surface area contributed by atoms with Gasteiger partial charge in [0, 0.05) is 5.56 Å². The Balaban J connectivity index is 3.17. The van der Waals surface area contributed by atoms with Crippen LogP contribution in [0.5, 0.6) is 0 Å². The van der Waals surface area contributed by atoms with E-state index < -0.39 is 18.7 Å². The maximum Gasteiger partial charge on any atom is 0.261 e. The molecule has 6 heteroatoms. The Kier molecular flexibility index (Phi) is 4.15. The SMILES string of the molecule is CCS(=O)(=O)[C@@](Cl)(Br)C(=O)c1ccccc1. The van der Waals surface area contributed by atoms with Gasteiger partial charge in [-0.25, -0.2) is 8.42 Å². The van der Waals surface area contributed by atoms with Gasteiger partial charge in [-0.15, -0.1) is 0 Å². The molecule has 0 spiro atoms. The molecule has 1 aromatic carbocycles. The molecule has 0 aliphatic carbocycles. The number of ketones is 1. The summed E-state index contributed by atoms with van der Waals surface area (Å²) >= 11 is 8.59. The van der Waals surface area contributed by atoms with Crippen molar-refractivity contribution in [3.05, 3.63) is 35.9 Å². The highest BCUT2D eigenvalue weighted by atomic mass is 79.9. The van der Waals surface area contributed by atoms with E-state index in [1.807, 2.05) is 0 Å². The van der Waals surface area contributed by atoms with Crippen molar-refractivity contribution in [1.82, 2.24) is 0 Å². The van der Waals surface area contributed by atoms with Gasteiger partial charge in [0.2, 0.25) is 5.78 Å². The van der Waals surface area contributed by atoms with Crippen LogP contribution in [0.25, 0.3) is 0 Å². The predicted octanol–water partition coefficient (Wildman–Crippen LogP) is 2.59. The highest BCUT2D eigenvalue weighted by Crippen LogP contribution is 2.34. The van der Waals surface area contributed by atoms with Gasteiger partial charge >= 0.3 is 0 Å². The van der Waals surface area contributed by atoms with E-state index in [9.17, 15) is 13.2 Å². The molecule has 0 unspecified atom stereocenters. The third-order valence-electron chi connectivity index (χ3n) is 2.07. The Labute approximate surface area is 108 Å². The quantitative estimate of drug-likeness (QED) is 0.631. The fourth-order valence-corrected chi connectivity index (χ4v) is 3.20. The van der Waals surface area contributed by atoms with Gasteiger partial charge in [0.25, 0.3) is 3.12 Å². The number of carbonyl (C=O) groups excluding carboxylic acids is 1. The first-order valence-electron chi connectivity index (χ1n) is 4.53. The number of rotatable bonds is 4. The minimum atomic E-state index is -3.71. The summed E-state index contributed by atoms with van der Waals surface area (Å²) in [6.45, 7) is 1.44. The van der Waals surface area contributed by atoms with E-state index in [0.29, 0.717) is 0 Å². The lowest BCUT2D eigenvalue weighted by molar-refractivity contribution is 0.1000. The molecule has 0 amide bonds. The van der Waals surface area contributed by atoms with Crippen molar-refractivity contribution in [2.75, 3.05) is 5.75 Å². The predicted molar refractivity (Wildman–Crippen MR) is 67.7 cm³/mol. The van der Waals surface area contributed by atoms with Gasteiger partial charge in [-0.3, -0.25) is 4.79 Å². The molecule has 0 bridgehead atoms. The smallest absolute Gasteiger partial charge is 0.261 e. The first-order valence-corrected chi connectivity index (χ1v) is 7.35. The van der Waals surface area contributed by atoms with Gasteiger partial charge in [0.15, 0.2) is 9.84 Å². The minimum absolute atomic E-state index is 0.208. The molecule has 1 rings (SSSR count). The van der Waals surface area contributed by atoms with Crippen LogP contribution in [0.2, 0.25) is 0 Å². The molecule has 3 nitrogen and oxygen atoms in total. The van der Waals surface area contributed by atoms with Crippen molar-refractivity contribution >= 4 is 43.2 Å². The van der Waals surface area contributed by atoms with Crippen LogP contribution < -0.4 is 0 Å². The van der Waals surface area contributed by atoms with Gasteiger partial charge < -0.3 is 0 Å². The molecule has 0 heterocycles. The Morgan fingerprint density at radius 1 is 1.38 bits per heavy atom. The molecule has 1 atom stereocenters. The monoisotopic (exact) mass is 324 g/mol. The van der Waals surface area contributed by atoms with E-state index in [-0.39, 0.29) is 11.3 Å². The van der Waals surface area contributed by atoms with Crippen LogP contribution in [0.15, 0.2) is 30.3 Å². The van der Waals surface area contributed by atoms with Crippen LogP contribution in [0, 0.1) is 0 Å². The molecule has 0 saturated carbocycles. The van der Waals surface area contributed by atoms with E-state index in [2.05, 4.69) is 15.9 Å². The number of alkyl halides is 2. The molecule has 16 heavy (non-hydrogen) atoms. The molecule has 0 fully saturated rings. The molecule has 0 saturated heterocycles. The number of carbonyl (C=O) groups is 1. The Bertz CT molecular complexity index is 482. The zero-order valence-electron chi connectivity index (χ0n) is 8.48. The second-order valence-electron chi connectivity index (χ2n) is 3.12. The van der Waals surface area contributed by atoms with Gasteiger partial charge in [-0.2, -0.15) is 0 Å². The zero-order valence-corrected chi connectivity index (χ0v) is 11.6. The van der Waals surface area contributed by atoms with Crippen molar-refractivity contribution in [2.24, 2.45) is 0 Å². The number of hydrogen-bond donors (Lipinski definition) is 0. The Morgan fingerprint density at radius 3 is 2.31 bits per heavy atom. The highest BCUT2D eigenvalue weighted by Gasteiger charge is 2.45. The van der Waals surface area contributed by atoms with E-state index >= 15 is 0 Å². The number of benzene rings is 1. The Hall–Kier alpha value is -0.390. The van der Waals surface area contributed by atoms with E-state index in [1.165, 1.54) is 19.1 Å². The normalized spacial score (nSPS) is 15.4. The Morgan fingerprint density at radius 2 is 1.88 bits per heavy atom. The summed E-state index contributed by atoms with van der Waals surface area (Å²) in [4.78, 5) is 11.9. The van der Waals surface area contributed by atoms with Crippen LogP contribution in [0.4, 0.5) is 0 Å². The molecule has 0 N–H and O–H groups in total. The lowest BCUT2D eigenvalue weighted by atomic mass is 10.1. The van der Waals surface area contributed by atoms with Crippen LogP contribution in [0.3, 0.4) is 0 Å². The second kappa shape index (κ2) is 4.85. The van der Waals surface area contributed by atoms with Gasteiger partial charge in [-0.05, 0) is 15.9 Å². The molecule has 88 valence electrons. The summed E-state index contributed by atoms with van der Waals surface area (Å²) in [5.74, 6) is -0.878. The van der Waals surface area contributed by atoms with E-state index in [1.54, 1.807) is 18.2 Å². The van der Waals surface area contributed by atoms with E-state index in [4.69, 9.17) is 11.6 Å². The topological polar surface area (TPSA) is 51.2 Å². The molecule has 0 aliphatic rings. The molecular formula is C10H10BrClO3S. The lowest BCUT2D eigenvalue weighted by Gasteiger charge is -2.17. The fourth-order valence-electron chi connectivity index (χ4n) is 1.08. The number of Topliss-reactive ketones (excluding diaryl/α,β-unsaturated/α-hetero) is 1. The van der Waals surface area contributed by atoms with Crippen LogP contribution in [-0.4, -0.2) is 23.1 Å². The van der Waals surface area contributed by atoms with Crippen molar-refractivity contribution in [3.8, 4) is 0 Å². The maximum absolute atomic E-state index is 11.9. The fraction of sp³-hybridized carbons (Fsp3) is 0.300. The number of sulfone groups is 1. The summed E-state index contributed by atoms with van der Waals surface area (Å²) in [5, 5.41) is 0. The summed E-state index contributed by atoms with van der Waals surface area (Å²) in [6.07, 6.45) is 0. The highest BCUT2D eigenvalue weighted by molar-refractivity contribution is 9.12. The lowest BCUT2D eigenvalue weighted by Crippen LogP contribution is -2.36. The largest absolute Gasteiger partial charge is 0.290 e. The van der Waals surface area contributed by atoms with E-state index in [0.717, 1.165) is 0 Å². The molecule has 1 aromatic rings. The zero-order chi connectivity index (χ0) is 12.4. The van der Waals surface area contributed by atoms with Crippen LogP contribution in [-0.2, 0) is 9.84 Å². The van der Waals surface area contributed by atoms with Crippen LogP contribution >= 0.6 is 27.5 Å². The molecule has 0 radical (unpaired) electrons. The van der Waals surface area contributed by atoms with Crippen molar-refractivity contribution in [2.45, 2.75) is 10.0 Å². The first-order chi connectivity index (χ1) is 7.33. The summed E-state index contributed by atoms with van der Waals surface area (Å²) in [7, 11) is -3.71. The van der Waals surface area contributed by atoms with Gasteiger partial charge in [-0.1, -0.05) is 48.9 Å². The number of halogens is 2. The molecular weight excluding hydrogens is 316 g/mol.